The number of pyridine rings is 1. The van der Waals surface area contributed by atoms with E-state index in [1.165, 1.54) is 12.3 Å². The number of aromatic nitrogens is 2. The van der Waals surface area contributed by atoms with Gasteiger partial charge in [-0.15, -0.1) is 0 Å². The van der Waals surface area contributed by atoms with E-state index in [4.69, 9.17) is 0 Å². The zero-order valence-electron chi connectivity index (χ0n) is 18.1. The first-order valence-electron chi connectivity index (χ1n) is 9.68. The molecule has 2 atom stereocenters. The number of amides is 2. The van der Waals surface area contributed by atoms with Crippen LogP contribution in [-0.2, 0) is 11.8 Å². The maximum absolute atomic E-state index is 13.4. The highest BCUT2D eigenvalue weighted by Crippen LogP contribution is 2.27. The molecule has 0 bridgehead atoms. The second-order valence-corrected chi connectivity index (χ2v) is 7.76. The first kappa shape index (κ1) is 23.5. The van der Waals surface area contributed by atoms with Crippen LogP contribution in [0.5, 0.6) is 0 Å². The Kier molecular flexibility index (Phi) is 7.33. The predicted octanol–water partition coefficient (Wildman–Crippen LogP) is 1.90. The van der Waals surface area contributed by atoms with Crippen LogP contribution in [0.25, 0.3) is 0 Å². The van der Waals surface area contributed by atoms with E-state index in [1.807, 2.05) is 13.8 Å². The van der Waals surface area contributed by atoms with Gasteiger partial charge in [0.25, 0.3) is 11.8 Å². The highest BCUT2D eigenvalue weighted by molar-refractivity contribution is 6.06. The molecule has 0 saturated heterocycles. The summed E-state index contributed by atoms with van der Waals surface area (Å²) >= 11 is 0. The number of hydrogen-bond donors (Lipinski definition) is 4. The van der Waals surface area contributed by atoms with Gasteiger partial charge in [-0.05, 0) is 38.3 Å². The number of aliphatic hydroxyl groups excluding tert-OH is 2. The largest absolute Gasteiger partial charge is 0.394 e. The zero-order chi connectivity index (χ0) is 22.7. The molecule has 1 unspecified atom stereocenters. The fourth-order valence-electron chi connectivity index (χ4n) is 3.35. The maximum atomic E-state index is 13.4. The molecule has 2 rings (SSSR count). The Hall–Kier alpha value is -2.78. The van der Waals surface area contributed by atoms with Crippen molar-refractivity contribution < 1.29 is 24.2 Å². The van der Waals surface area contributed by atoms with Crippen molar-refractivity contribution in [1.82, 2.24) is 14.9 Å². The molecular weight excluding hydrogens is 391 g/mol. The van der Waals surface area contributed by atoms with Gasteiger partial charge >= 0.3 is 0 Å². The molecule has 0 aliphatic carbocycles. The average Bonchev–Trinajstić information content (AvgIpc) is 2.90. The van der Waals surface area contributed by atoms with E-state index < -0.39 is 29.9 Å². The third-order valence-electron chi connectivity index (χ3n) is 5.32. The molecule has 2 heterocycles. The van der Waals surface area contributed by atoms with Gasteiger partial charge in [0, 0.05) is 18.3 Å². The fraction of sp³-hybridized carbons (Fsp3) is 0.476. The number of aliphatic hydroxyl groups is 2. The lowest BCUT2D eigenvalue weighted by atomic mass is 10.0. The van der Waals surface area contributed by atoms with Gasteiger partial charge in [-0.3, -0.25) is 9.59 Å². The second-order valence-electron chi connectivity index (χ2n) is 7.76. The van der Waals surface area contributed by atoms with Crippen LogP contribution in [0.15, 0.2) is 12.3 Å². The van der Waals surface area contributed by atoms with Crippen molar-refractivity contribution in [2.45, 2.75) is 46.8 Å². The fourth-order valence-corrected chi connectivity index (χ4v) is 3.35. The van der Waals surface area contributed by atoms with E-state index in [0.29, 0.717) is 28.1 Å². The monoisotopic (exact) mass is 420 g/mol. The van der Waals surface area contributed by atoms with Crippen molar-refractivity contribution >= 4 is 17.5 Å². The van der Waals surface area contributed by atoms with E-state index in [0.717, 1.165) is 0 Å². The van der Waals surface area contributed by atoms with Crippen molar-refractivity contribution in [3.8, 4) is 0 Å². The van der Waals surface area contributed by atoms with Crippen molar-refractivity contribution in [3.05, 3.63) is 46.3 Å². The van der Waals surface area contributed by atoms with Crippen LogP contribution in [0, 0.1) is 32.6 Å². The Morgan fingerprint density at radius 1 is 1.27 bits per heavy atom. The minimum Gasteiger partial charge on any atom is -0.394 e. The quantitative estimate of drug-likeness (QED) is 0.511. The zero-order valence-corrected chi connectivity index (χ0v) is 18.1. The van der Waals surface area contributed by atoms with Crippen LogP contribution in [0.3, 0.4) is 0 Å². The van der Waals surface area contributed by atoms with Gasteiger partial charge in [-0.25, -0.2) is 4.98 Å². The number of rotatable bonds is 7. The van der Waals surface area contributed by atoms with Crippen molar-refractivity contribution in [1.29, 1.82) is 0 Å². The van der Waals surface area contributed by atoms with E-state index in [-0.39, 0.29) is 18.2 Å². The molecule has 164 valence electrons. The van der Waals surface area contributed by atoms with Crippen molar-refractivity contribution in [2.75, 3.05) is 11.9 Å². The lowest BCUT2D eigenvalue weighted by molar-refractivity contribution is -0.131. The number of halogens is 1. The molecule has 4 N–H and O–H groups in total. The first-order valence-corrected chi connectivity index (χ1v) is 9.68. The molecule has 2 amide bonds. The molecule has 0 spiro atoms. The Bertz CT molecular complexity index is 955. The number of anilines is 1. The van der Waals surface area contributed by atoms with Crippen LogP contribution >= 0.6 is 0 Å². The molecule has 0 fully saturated rings. The summed E-state index contributed by atoms with van der Waals surface area (Å²) < 4.78 is 15.0. The third kappa shape index (κ3) is 4.68. The lowest BCUT2D eigenvalue weighted by Gasteiger charge is -2.22. The summed E-state index contributed by atoms with van der Waals surface area (Å²) in [5.74, 6) is -1.74. The lowest BCUT2D eigenvalue weighted by Crippen LogP contribution is -2.43. The number of nitrogens with zero attached hydrogens (tertiary/aromatic N) is 2. The summed E-state index contributed by atoms with van der Waals surface area (Å²) in [6, 6.07) is 0.976. The number of carbonyl (C=O) groups excluding carboxylic acids is 2. The van der Waals surface area contributed by atoms with Gasteiger partial charge in [0.05, 0.1) is 35.8 Å². The number of hydrogen-bond acceptors (Lipinski definition) is 5. The van der Waals surface area contributed by atoms with Gasteiger partial charge in [0.15, 0.2) is 6.10 Å². The molecule has 0 saturated carbocycles. The van der Waals surface area contributed by atoms with Crippen LogP contribution in [-0.4, -0.2) is 44.2 Å². The maximum Gasteiger partial charge on any atom is 0.257 e. The Morgan fingerprint density at radius 3 is 2.43 bits per heavy atom. The normalized spacial score (nSPS) is 13.3. The van der Waals surface area contributed by atoms with Gasteiger partial charge in [0.2, 0.25) is 5.95 Å². The van der Waals surface area contributed by atoms with Gasteiger partial charge in [-0.1, -0.05) is 13.8 Å². The van der Waals surface area contributed by atoms with Crippen LogP contribution in [0.2, 0.25) is 0 Å². The van der Waals surface area contributed by atoms with Crippen LogP contribution in [0.4, 0.5) is 10.1 Å². The summed E-state index contributed by atoms with van der Waals surface area (Å²) in [7, 11) is 1.65. The molecule has 0 radical (unpaired) electrons. The second kappa shape index (κ2) is 9.36. The van der Waals surface area contributed by atoms with Gasteiger partial charge in [-0.2, -0.15) is 4.39 Å². The smallest absolute Gasteiger partial charge is 0.257 e. The molecule has 0 aromatic carbocycles. The summed E-state index contributed by atoms with van der Waals surface area (Å²) in [6.07, 6.45) is -0.296. The minimum absolute atomic E-state index is 0.0171. The summed E-state index contributed by atoms with van der Waals surface area (Å²) in [6.45, 7) is 8.34. The highest BCUT2D eigenvalue weighted by atomic mass is 19.1. The Labute approximate surface area is 175 Å². The first-order chi connectivity index (χ1) is 14.0. The molecule has 2 aromatic rings. The topological polar surface area (TPSA) is 116 Å². The van der Waals surface area contributed by atoms with E-state index in [1.54, 1.807) is 32.4 Å². The summed E-state index contributed by atoms with van der Waals surface area (Å²) in [5.41, 5.74) is 2.23. The van der Waals surface area contributed by atoms with Crippen LogP contribution in [0.1, 0.15) is 52.8 Å². The number of carbonyl (C=O) groups is 2. The third-order valence-corrected chi connectivity index (χ3v) is 5.32. The summed E-state index contributed by atoms with van der Waals surface area (Å²) in [5, 5.41) is 25.4. The molecule has 2 aromatic heterocycles. The van der Waals surface area contributed by atoms with E-state index >= 15 is 0 Å². The molecule has 30 heavy (non-hydrogen) atoms. The minimum atomic E-state index is -1.52. The van der Waals surface area contributed by atoms with Crippen LogP contribution < -0.4 is 10.6 Å². The molecule has 0 aliphatic rings. The molecule has 8 nitrogen and oxygen atoms in total. The summed E-state index contributed by atoms with van der Waals surface area (Å²) in [4.78, 5) is 29.0. The van der Waals surface area contributed by atoms with Crippen molar-refractivity contribution in [3.63, 3.8) is 0 Å². The van der Waals surface area contributed by atoms with Crippen molar-refractivity contribution in [2.24, 2.45) is 13.0 Å². The average molecular weight is 420 g/mol. The Balaban J connectivity index is 2.32. The molecular formula is C21H29FN4O4. The van der Waals surface area contributed by atoms with Gasteiger partial charge in [0.1, 0.15) is 0 Å². The molecule has 0 aliphatic heterocycles. The van der Waals surface area contributed by atoms with E-state index in [2.05, 4.69) is 15.6 Å². The number of nitrogens with one attached hydrogen (secondary N) is 2. The number of aryl methyl sites for hydroxylation is 1. The van der Waals surface area contributed by atoms with Gasteiger partial charge < -0.3 is 25.4 Å². The highest BCUT2D eigenvalue weighted by Gasteiger charge is 2.30. The van der Waals surface area contributed by atoms with E-state index in [9.17, 15) is 24.2 Å². The molecule has 9 heteroatoms. The Morgan fingerprint density at radius 2 is 1.90 bits per heavy atom. The SMILES string of the molecule is Cc1cc(NC(=O)c2c(C)c(C(O)C(=O)N[C@H](CO)C(C)C)n(C)c2C)cnc1F. The predicted molar refractivity (Wildman–Crippen MR) is 111 cm³/mol. The standard InChI is InChI=1S/C21H29FN4O4/c1-10(2)15(9-27)25-21(30)18(28)17-12(4)16(13(5)26(17)6)20(29)24-14-7-11(3)19(22)23-8-14/h7-8,10,15,18,27-28H,9H2,1-6H3,(H,24,29)(H,25,30)/t15-,18?/m1/s1.